The molecule has 0 fully saturated rings. The van der Waals surface area contributed by atoms with Crippen molar-refractivity contribution in [2.75, 3.05) is 19.8 Å². The molecule has 3 N–H and O–H groups in total. The maximum Gasteiger partial charge on any atom is 0.440 e. The van der Waals surface area contributed by atoms with E-state index in [1.54, 1.807) is 0 Å². The van der Waals surface area contributed by atoms with Crippen molar-refractivity contribution in [2.45, 2.75) is 59.3 Å². The van der Waals surface area contributed by atoms with Crippen LogP contribution >= 0.6 is 44.3 Å². The fourth-order valence-electron chi connectivity index (χ4n) is 0.474. The maximum absolute atomic E-state index is 8.07. The molecule has 0 aliphatic heterocycles. The van der Waals surface area contributed by atoms with Crippen LogP contribution in [0.1, 0.15) is 59.3 Å². The Kier molecular flexibility index (Phi) is 41.6. The van der Waals surface area contributed by atoms with Gasteiger partial charge < -0.3 is 15.3 Å². The second-order valence-corrected chi connectivity index (χ2v) is 14.8. The first-order chi connectivity index (χ1) is 9.24. The molecule has 0 aliphatic carbocycles. The first-order valence-corrected chi connectivity index (χ1v) is 12.9. The largest absolute Gasteiger partial charge is 0.440 e. The molecule has 20 heavy (non-hydrogen) atoms. The van der Waals surface area contributed by atoms with Crippen molar-refractivity contribution in [1.82, 2.24) is 0 Å². The average molecular weight is 392 g/mol. The van der Waals surface area contributed by atoms with E-state index in [-0.39, 0.29) is 0 Å². The summed E-state index contributed by atoms with van der Waals surface area (Å²) in [6.07, 6.45) is 6.11. The highest BCUT2D eigenvalue weighted by atomic mass is 36.0. The minimum Gasteiger partial charge on any atom is -0.396 e. The SMILES string of the molecule is CCCCO.CCCCO.CCCCO.Cl[Si](Cl)(Cl)Cl. The Morgan fingerprint density at radius 2 is 0.750 bits per heavy atom. The molecule has 0 saturated heterocycles. The van der Waals surface area contributed by atoms with Gasteiger partial charge in [-0.05, 0) is 19.3 Å². The Balaban J connectivity index is -0.0000000853. The molecule has 0 aliphatic rings. The Hall–Kier alpha value is 1.26. The number of hydrogen-bond acceptors (Lipinski definition) is 3. The molecule has 8 heteroatoms. The van der Waals surface area contributed by atoms with E-state index < -0.39 is 5.31 Å². The molecule has 0 atom stereocenters. The van der Waals surface area contributed by atoms with Crippen LogP contribution in [0.15, 0.2) is 0 Å². The molecule has 0 aromatic rings. The van der Waals surface area contributed by atoms with E-state index in [0.29, 0.717) is 19.8 Å². The van der Waals surface area contributed by atoms with Gasteiger partial charge in [-0.25, -0.2) is 0 Å². The lowest BCUT2D eigenvalue weighted by atomic mass is 10.4. The molecule has 0 spiro atoms. The summed E-state index contributed by atoms with van der Waals surface area (Å²) in [6.45, 7) is 7.19. The van der Waals surface area contributed by atoms with Crippen LogP contribution in [-0.4, -0.2) is 40.5 Å². The zero-order valence-electron chi connectivity index (χ0n) is 12.7. The van der Waals surface area contributed by atoms with E-state index in [2.05, 4.69) is 20.8 Å². The number of aliphatic hydroxyl groups is 3. The second kappa shape index (κ2) is 28.4. The van der Waals surface area contributed by atoms with Crippen LogP contribution in [0.5, 0.6) is 0 Å². The fourth-order valence-corrected chi connectivity index (χ4v) is 0.474. The van der Waals surface area contributed by atoms with Gasteiger partial charge >= 0.3 is 5.31 Å². The Morgan fingerprint density at radius 3 is 0.750 bits per heavy atom. The lowest BCUT2D eigenvalue weighted by molar-refractivity contribution is 0.286. The summed E-state index contributed by atoms with van der Waals surface area (Å²) in [5, 5.41) is 21.5. The molecule has 0 radical (unpaired) electrons. The van der Waals surface area contributed by atoms with Gasteiger partial charge in [0.05, 0.1) is 0 Å². The van der Waals surface area contributed by atoms with Crippen molar-refractivity contribution in [3.05, 3.63) is 0 Å². The smallest absolute Gasteiger partial charge is 0.396 e. The predicted octanol–water partition coefficient (Wildman–Crippen LogP) is 4.71. The summed E-state index contributed by atoms with van der Waals surface area (Å²) < 4.78 is 0. The van der Waals surface area contributed by atoms with Crippen molar-refractivity contribution in [2.24, 2.45) is 0 Å². The van der Waals surface area contributed by atoms with Crippen molar-refractivity contribution >= 4 is 49.6 Å². The summed E-state index contributed by atoms with van der Waals surface area (Å²) in [4.78, 5) is 0. The van der Waals surface area contributed by atoms with Crippen molar-refractivity contribution < 1.29 is 15.3 Å². The summed E-state index contributed by atoms with van der Waals surface area (Å²) in [6, 6.07) is 0. The number of halogens is 4. The molecule has 3 nitrogen and oxygen atoms in total. The zero-order chi connectivity index (χ0) is 16.9. The monoisotopic (exact) mass is 390 g/mol. The van der Waals surface area contributed by atoms with Crippen LogP contribution in [0.3, 0.4) is 0 Å². The molecule has 0 heterocycles. The zero-order valence-corrected chi connectivity index (χ0v) is 16.7. The third-order valence-corrected chi connectivity index (χ3v) is 1.54. The van der Waals surface area contributed by atoms with Gasteiger partial charge in [-0.3, -0.25) is 0 Å². The van der Waals surface area contributed by atoms with E-state index >= 15 is 0 Å². The molecule has 0 rings (SSSR count). The van der Waals surface area contributed by atoms with Crippen molar-refractivity contribution in [1.29, 1.82) is 0 Å². The highest BCUT2D eigenvalue weighted by Crippen LogP contribution is 2.23. The standard InChI is InChI=1S/3C4H10O.Cl4Si/c3*1-2-3-4-5;1-5(2,3)4/h3*5H,2-4H2,1H3;. The van der Waals surface area contributed by atoms with Crippen molar-refractivity contribution in [3.63, 3.8) is 0 Å². The maximum atomic E-state index is 8.07. The highest BCUT2D eigenvalue weighted by Gasteiger charge is 2.19. The van der Waals surface area contributed by atoms with Crippen LogP contribution in [0.25, 0.3) is 0 Å². The third-order valence-electron chi connectivity index (χ3n) is 1.54. The van der Waals surface area contributed by atoms with Gasteiger partial charge in [0, 0.05) is 19.8 Å². The molecule has 0 unspecified atom stereocenters. The van der Waals surface area contributed by atoms with Crippen LogP contribution < -0.4 is 0 Å². The molecular formula is C12H30Cl4O3Si. The first-order valence-electron chi connectivity index (χ1n) is 6.83. The highest BCUT2D eigenvalue weighted by molar-refractivity contribution is 7.81. The summed E-state index contributed by atoms with van der Waals surface area (Å²) in [7, 11) is 0. The molecule has 0 saturated carbocycles. The molecule has 0 amide bonds. The number of aliphatic hydroxyl groups excluding tert-OH is 3. The lowest BCUT2D eigenvalue weighted by Crippen LogP contribution is -1.91. The normalized spacial score (nSPS) is 9.30. The van der Waals surface area contributed by atoms with Crippen LogP contribution in [0, 0.1) is 0 Å². The van der Waals surface area contributed by atoms with Crippen LogP contribution in [0.4, 0.5) is 0 Å². The summed E-state index contributed by atoms with van der Waals surface area (Å²) in [5.41, 5.74) is 0. The lowest BCUT2D eigenvalue weighted by Gasteiger charge is -1.85. The summed E-state index contributed by atoms with van der Waals surface area (Å²) in [5.74, 6) is 0. The van der Waals surface area contributed by atoms with Gasteiger partial charge in [0.2, 0.25) is 0 Å². The Morgan fingerprint density at radius 1 is 0.600 bits per heavy atom. The minimum atomic E-state index is -2.72. The second-order valence-electron chi connectivity index (χ2n) is 3.66. The Labute approximate surface area is 144 Å². The number of hydrogen-bond donors (Lipinski definition) is 3. The number of rotatable bonds is 6. The van der Waals surface area contributed by atoms with E-state index in [0.717, 1.165) is 38.5 Å². The van der Waals surface area contributed by atoms with E-state index in [4.69, 9.17) is 59.6 Å². The summed E-state index contributed by atoms with van der Waals surface area (Å²) >= 11 is 19.9. The van der Waals surface area contributed by atoms with Gasteiger partial charge in [-0.15, -0.1) is 44.3 Å². The third kappa shape index (κ3) is 122. The average Bonchev–Trinajstić information content (AvgIpc) is 2.31. The number of unbranched alkanes of at least 4 members (excludes halogenated alkanes) is 3. The topological polar surface area (TPSA) is 60.7 Å². The molecule has 0 aromatic heterocycles. The minimum absolute atomic E-state index is 0.344. The van der Waals surface area contributed by atoms with Gasteiger partial charge in [0.15, 0.2) is 0 Å². The van der Waals surface area contributed by atoms with Crippen LogP contribution in [0.2, 0.25) is 0 Å². The van der Waals surface area contributed by atoms with E-state index in [1.807, 2.05) is 0 Å². The Bertz CT molecular complexity index is 112. The first kappa shape index (κ1) is 29.3. The fraction of sp³-hybridized carbons (Fsp3) is 1.00. The van der Waals surface area contributed by atoms with E-state index in [9.17, 15) is 0 Å². The van der Waals surface area contributed by atoms with Crippen molar-refractivity contribution in [3.8, 4) is 0 Å². The quantitative estimate of drug-likeness (QED) is 0.453. The van der Waals surface area contributed by atoms with Gasteiger partial charge in [0.1, 0.15) is 0 Å². The van der Waals surface area contributed by atoms with Gasteiger partial charge in [0.25, 0.3) is 0 Å². The van der Waals surface area contributed by atoms with Gasteiger partial charge in [-0.1, -0.05) is 40.0 Å². The molecule has 128 valence electrons. The van der Waals surface area contributed by atoms with Crippen LogP contribution in [-0.2, 0) is 0 Å². The van der Waals surface area contributed by atoms with E-state index in [1.165, 1.54) is 0 Å². The molecular weight excluding hydrogens is 362 g/mol. The predicted molar refractivity (Wildman–Crippen MR) is 95.1 cm³/mol. The molecule has 0 bridgehead atoms. The molecule has 0 aromatic carbocycles. The van der Waals surface area contributed by atoms with Gasteiger partial charge in [-0.2, -0.15) is 0 Å².